The summed E-state index contributed by atoms with van der Waals surface area (Å²) in [5.74, 6) is 0.0122. The summed E-state index contributed by atoms with van der Waals surface area (Å²) in [6.45, 7) is 5.85. The maximum absolute atomic E-state index is 12.7. The maximum Gasteiger partial charge on any atom is 0.226 e. The number of pyridine rings is 1. The van der Waals surface area contributed by atoms with Gasteiger partial charge in [-0.1, -0.05) is 6.07 Å². The monoisotopic (exact) mass is 507 g/mol. The molecule has 0 spiro atoms. The van der Waals surface area contributed by atoms with Gasteiger partial charge >= 0.3 is 0 Å². The average Bonchev–Trinajstić information content (AvgIpc) is 3.44. The van der Waals surface area contributed by atoms with E-state index in [0.29, 0.717) is 19.6 Å². The van der Waals surface area contributed by atoms with Crippen LogP contribution in [-0.2, 0) is 22.5 Å². The molecule has 0 bridgehead atoms. The molecule has 4 aromatic rings. The van der Waals surface area contributed by atoms with Gasteiger partial charge in [0.25, 0.3) is 0 Å². The number of nitrogens with one attached hydrogen (secondary N) is 3. The normalized spacial score (nSPS) is 13.2. The van der Waals surface area contributed by atoms with Crippen molar-refractivity contribution >= 4 is 43.8 Å². The molecule has 5 rings (SSSR count). The fourth-order valence-electron chi connectivity index (χ4n) is 4.31. The van der Waals surface area contributed by atoms with Gasteiger partial charge in [-0.2, -0.15) is 0 Å². The number of amides is 1. The van der Waals surface area contributed by atoms with Crippen LogP contribution < -0.4 is 16.0 Å². The number of hydrogen-bond acceptors (Lipinski definition) is 8. The number of benzene rings is 1. The van der Waals surface area contributed by atoms with E-state index in [9.17, 15) is 4.79 Å². The van der Waals surface area contributed by atoms with Crippen LogP contribution in [0.3, 0.4) is 0 Å². The first kappa shape index (κ1) is 24.0. The van der Waals surface area contributed by atoms with E-state index in [1.165, 1.54) is 16.0 Å². The molecule has 9 heteroatoms. The molecule has 0 radical (unpaired) electrons. The fourth-order valence-corrected chi connectivity index (χ4v) is 6.63. The first-order chi connectivity index (χ1) is 17.1. The summed E-state index contributed by atoms with van der Waals surface area (Å²) in [7, 11) is 1.67. The lowest BCUT2D eigenvalue weighted by Gasteiger charge is -2.13. The molecule has 1 aliphatic rings. The minimum Gasteiger partial charge on any atom is -0.383 e. The number of methoxy groups -OCH3 is 1. The molecule has 1 aromatic carbocycles. The minimum atomic E-state index is 0.0122. The third-order valence-electron chi connectivity index (χ3n) is 6.14. The number of carbonyl (C=O) groups is 1. The smallest absolute Gasteiger partial charge is 0.226 e. The number of fused-ring (bicyclic) bond motifs is 2. The number of thiophene rings is 1. The Kier molecular flexibility index (Phi) is 7.50. The minimum absolute atomic E-state index is 0.0122. The molecule has 0 unspecified atom stereocenters. The molecule has 0 fully saturated rings. The van der Waals surface area contributed by atoms with Gasteiger partial charge in [-0.05, 0) is 54.8 Å². The van der Waals surface area contributed by atoms with Gasteiger partial charge in [0.05, 0.1) is 16.8 Å². The molecule has 35 heavy (non-hydrogen) atoms. The van der Waals surface area contributed by atoms with Crippen molar-refractivity contribution < 1.29 is 9.53 Å². The SMILES string of the molecule is COCCNCCC(=O)Nc1sc2c(c1-c1nc3cc(-c4cnccc4C)ccc3s1)CCNC2. The lowest BCUT2D eigenvalue weighted by molar-refractivity contribution is -0.116. The predicted octanol–water partition coefficient (Wildman–Crippen LogP) is 4.61. The molecule has 3 aromatic heterocycles. The molecular weight excluding hydrogens is 478 g/mol. The van der Waals surface area contributed by atoms with Crippen molar-refractivity contribution in [3.05, 3.63) is 52.7 Å². The molecule has 182 valence electrons. The van der Waals surface area contributed by atoms with Gasteiger partial charge in [0, 0.05) is 61.6 Å². The highest BCUT2D eigenvalue weighted by Crippen LogP contribution is 2.45. The number of nitrogens with zero attached hydrogens (tertiary/aromatic N) is 2. The van der Waals surface area contributed by atoms with Crippen LogP contribution in [0, 0.1) is 6.92 Å². The first-order valence-corrected chi connectivity index (χ1v) is 13.4. The zero-order valence-electron chi connectivity index (χ0n) is 19.9. The number of aryl methyl sites for hydroxylation is 1. The summed E-state index contributed by atoms with van der Waals surface area (Å²) in [6, 6.07) is 8.45. The van der Waals surface area contributed by atoms with E-state index in [2.05, 4.69) is 46.1 Å². The van der Waals surface area contributed by atoms with Crippen LogP contribution in [-0.4, -0.2) is 49.2 Å². The van der Waals surface area contributed by atoms with E-state index in [4.69, 9.17) is 9.72 Å². The third kappa shape index (κ3) is 5.29. The van der Waals surface area contributed by atoms with Crippen LogP contribution in [0.2, 0.25) is 0 Å². The molecule has 0 saturated heterocycles. The standard InChI is InChI=1S/C26H29N5O2S2/c1-16-5-8-28-14-19(16)17-3-4-21-20(13-17)30-25(34-21)24-18-6-9-29-15-22(18)35-26(24)31-23(32)7-10-27-11-12-33-2/h3-5,8,13-14,27,29H,6-7,9-12,15H2,1-2H3,(H,31,32). The fraction of sp³-hybridized carbons (Fsp3) is 0.346. The highest BCUT2D eigenvalue weighted by molar-refractivity contribution is 7.23. The van der Waals surface area contributed by atoms with Crippen molar-refractivity contribution in [2.75, 3.05) is 38.7 Å². The van der Waals surface area contributed by atoms with Gasteiger partial charge in [0.15, 0.2) is 0 Å². The molecule has 7 nitrogen and oxygen atoms in total. The van der Waals surface area contributed by atoms with Crippen LogP contribution in [0.1, 0.15) is 22.4 Å². The summed E-state index contributed by atoms with van der Waals surface area (Å²) in [5, 5.41) is 11.7. The number of thiazole rings is 1. The Bertz CT molecular complexity index is 1350. The largest absolute Gasteiger partial charge is 0.383 e. The second kappa shape index (κ2) is 10.9. The zero-order valence-corrected chi connectivity index (χ0v) is 21.6. The van der Waals surface area contributed by atoms with Gasteiger partial charge in [-0.15, -0.1) is 22.7 Å². The highest BCUT2D eigenvalue weighted by Gasteiger charge is 2.25. The van der Waals surface area contributed by atoms with Crippen LogP contribution in [0.25, 0.3) is 31.9 Å². The van der Waals surface area contributed by atoms with Gasteiger partial charge in [0.2, 0.25) is 5.91 Å². The number of hydrogen-bond donors (Lipinski definition) is 3. The predicted molar refractivity (Wildman–Crippen MR) is 144 cm³/mol. The Labute approximate surface area is 213 Å². The van der Waals surface area contributed by atoms with E-state index < -0.39 is 0 Å². The topological polar surface area (TPSA) is 88.2 Å². The quantitative estimate of drug-likeness (QED) is 0.287. The Hall–Kier alpha value is -2.69. The summed E-state index contributed by atoms with van der Waals surface area (Å²) >= 11 is 3.35. The molecular formula is C26H29N5O2S2. The molecule has 3 N–H and O–H groups in total. The lowest BCUT2D eigenvalue weighted by Crippen LogP contribution is -2.24. The van der Waals surface area contributed by atoms with Crippen molar-refractivity contribution in [1.29, 1.82) is 0 Å². The van der Waals surface area contributed by atoms with Crippen LogP contribution in [0.5, 0.6) is 0 Å². The van der Waals surface area contributed by atoms with Gasteiger partial charge < -0.3 is 20.7 Å². The molecule has 0 atom stereocenters. The van der Waals surface area contributed by atoms with Gasteiger partial charge in [0.1, 0.15) is 10.0 Å². The molecule has 4 heterocycles. The number of rotatable bonds is 9. The van der Waals surface area contributed by atoms with Crippen LogP contribution >= 0.6 is 22.7 Å². The Balaban J connectivity index is 1.44. The maximum atomic E-state index is 12.7. The molecule has 1 amide bonds. The number of aromatic nitrogens is 2. The Morgan fingerprint density at radius 2 is 2.14 bits per heavy atom. The third-order valence-corrected chi connectivity index (χ3v) is 8.35. The summed E-state index contributed by atoms with van der Waals surface area (Å²) in [5.41, 5.74) is 6.80. The number of carbonyl (C=O) groups excluding carboxylic acids is 1. The average molecular weight is 508 g/mol. The van der Waals surface area contributed by atoms with Crippen LogP contribution in [0.15, 0.2) is 36.7 Å². The van der Waals surface area contributed by atoms with Crippen LogP contribution in [0.4, 0.5) is 5.00 Å². The number of anilines is 1. The summed E-state index contributed by atoms with van der Waals surface area (Å²) in [4.78, 5) is 23.4. The van der Waals surface area contributed by atoms with E-state index in [1.54, 1.807) is 29.8 Å². The van der Waals surface area contributed by atoms with Gasteiger partial charge in [-0.3, -0.25) is 9.78 Å². The van der Waals surface area contributed by atoms with Crippen molar-refractivity contribution in [2.24, 2.45) is 0 Å². The first-order valence-electron chi connectivity index (χ1n) is 11.8. The second-order valence-electron chi connectivity index (χ2n) is 8.57. The lowest BCUT2D eigenvalue weighted by atomic mass is 10.0. The van der Waals surface area contributed by atoms with Crippen molar-refractivity contribution in [1.82, 2.24) is 20.6 Å². The van der Waals surface area contributed by atoms with E-state index >= 15 is 0 Å². The van der Waals surface area contributed by atoms with E-state index in [0.717, 1.165) is 63.0 Å². The zero-order chi connectivity index (χ0) is 24.2. The van der Waals surface area contributed by atoms with E-state index in [-0.39, 0.29) is 5.91 Å². The second-order valence-corrected chi connectivity index (χ2v) is 10.7. The van der Waals surface area contributed by atoms with Crippen molar-refractivity contribution in [3.63, 3.8) is 0 Å². The molecule has 0 saturated carbocycles. The number of ether oxygens (including phenoxy) is 1. The molecule has 0 aliphatic carbocycles. The summed E-state index contributed by atoms with van der Waals surface area (Å²) < 4.78 is 6.18. The van der Waals surface area contributed by atoms with Crippen molar-refractivity contribution in [3.8, 4) is 21.7 Å². The Morgan fingerprint density at radius 1 is 1.23 bits per heavy atom. The highest BCUT2D eigenvalue weighted by atomic mass is 32.1. The van der Waals surface area contributed by atoms with Gasteiger partial charge in [-0.25, -0.2) is 4.98 Å². The summed E-state index contributed by atoms with van der Waals surface area (Å²) in [6.07, 6.45) is 5.07. The molecule has 1 aliphatic heterocycles. The van der Waals surface area contributed by atoms with E-state index in [1.807, 2.05) is 18.5 Å². The Morgan fingerprint density at radius 3 is 3.00 bits per heavy atom. The van der Waals surface area contributed by atoms with Crippen molar-refractivity contribution in [2.45, 2.75) is 26.3 Å².